The molecule has 2 aromatic carbocycles. The van der Waals surface area contributed by atoms with Crippen molar-refractivity contribution in [1.29, 1.82) is 0 Å². The molecule has 0 spiro atoms. The number of hydrogen-bond acceptors (Lipinski definition) is 1. The summed E-state index contributed by atoms with van der Waals surface area (Å²) in [6, 6.07) is 12.4. The number of aryl methyl sites for hydroxylation is 1. The summed E-state index contributed by atoms with van der Waals surface area (Å²) >= 11 is 0. The minimum Gasteiger partial charge on any atom is -0.563 e. The zero-order chi connectivity index (χ0) is 9.97. The standard InChI is InChI=1S/C12H12BO/c1-9-5-3-6-10-7-4-8-11(12(9)10)14-13-2/h3-8H,1-2H3. The van der Waals surface area contributed by atoms with Gasteiger partial charge in [0.15, 0.2) is 0 Å². The third-order valence-corrected chi connectivity index (χ3v) is 2.32. The van der Waals surface area contributed by atoms with Gasteiger partial charge >= 0.3 is 7.48 Å². The minimum atomic E-state index is 0.933. The van der Waals surface area contributed by atoms with Gasteiger partial charge in [-0.2, -0.15) is 0 Å². The van der Waals surface area contributed by atoms with E-state index in [0.29, 0.717) is 0 Å². The first-order valence-electron chi connectivity index (χ1n) is 4.76. The molecule has 1 nitrogen and oxygen atoms in total. The normalized spacial score (nSPS) is 10.1. The summed E-state index contributed by atoms with van der Waals surface area (Å²) in [5.74, 6) is 0.933. The van der Waals surface area contributed by atoms with Crippen LogP contribution in [0.5, 0.6) is 5.75 Å². The van der Waals surface area contributed by atoms with Gasteiger partial charge in [0.1, 0.15) is 5.75 Å². The van der Waals surface area contributed by atoms with Crippen LogP contribution in [0.4, 0.5) is 0 Å². The Bertz CT molecular complexity index is 446. The van der Waals surface area contributed by atoms with Gasteiger partial charge in [-0.25, -0.2) is 0 Å². The fraction of sp³-hybridized carbons (Fsp3) is 0.167. The van der Waals surface area contributed by atoms with E-state index in [1.54, 1.807) is 7.48 Å². The lowest BCUT2D eigenvalue weighted by Gasteiger charge is -2.09. The van der Waals surface area contributed by atoms with Crippen LogP contribution in [0.3, 0.4) is 0 Å². The SMILES string of the molecule is C[B]Oc1cccc2cccc(C)c12. The Morgan fingerprint density at radius 2 is 1.79 bits per heavy atom. The molecule has 2 aromatic rings. The molecule has 0 aliphatic carbocycles. The molecule has 0 unspecified atom stereocenters. The van der Waals surface area contributed by atoms with Crippen LogP contribution < -0.4 is 4.65 Å². The van der Waals surface area contributed by atoms with E-state index in [9.17, 15) is 0 Å². The van der Waals surface area contributed by atoms with Crippen molar-refractivity contribution in [1.82, 2.24) is 0 Å². The summed E-state index contributed by atoms with van der Waals surface area (Å²) in [6.07, 6.45) is 0. The molecule has 0 amide bonds. The number of rotatable bonds is 2. The summed E-state index contributed by atoms with van der Waals surface area (Å²) in [7, 11) is 1.71. The molecule has 2 rings (SSSR count). The third kappa shape index (κ3) is 1.48. The van der Waals surface area contributed by atoms with Crippen LogP contribution in [-0.2, 0) is 0 Å². The zero-order valence-corrected chi connectivity index (χ0v) is 8.45. The van der Waals surface area contributed by atoms with E-state index in [-0.39, 0.29) is 0 Å². The third-order valence-electron chi connectivity index (χ3n) is 2.32. The minimum absolute atomic E-state index is 0.933. The van der Waals surface area contributed by atoms with E-state index in [1.807, 2.05) is 19.0 Å². The highest BCUT2D eigenvalue weighted by molar-refractivity contribution is 6.26. The molecular weight excluding hydrogens is 171 g/mol. The molecule has 0 fully saturated rings. The molecule has 0 bridgehead atoms. The highest BCUT2D eigenvalue weighted by Gasteiger charge is 2.02. The molecule has 0 N–H and O–H groups in total. The maximum Gasteiger partial charge on any atom is 0.366 e. The van der Waals surface area contributed by atoms with Crippen LogP contribution in [0.25, 0.3) is 10.8 Å². The molecule has 0 saturated heterocycles. The monoisotopic (exact) mass is 183 g/mol. The lowest BCUT2D eigenvalue weighted by molar-refractivity contribution is 0.607. The van der Waals surface area contributed by atoms with E-state index in [0.717, 1.165) is 5.75 Å². The first-order valence-corrected chi connectivity index (χ1v) is 4.76. The van der Waals surface area contributed by atoms with Crippen molar-refractivity contribution in [2.75, 3.05) is 0 Å². The predicted molar refractivity (Wildman–Crippen MR) is 60.9 cm³/mol. The molecule has 14 heavy (non-hydrogen) atoms. The van der Waals surface area contributed by atoms with Crippen molar-refractivity contribution in [3.63, 3.8) is 0 Å². The lowest BCUT2D eigenvalue weighted by Crippen LogP contribution is -1.96. The smallest absolute Gasteiger partial charge is 0.366 e. The maximum atomic E-state index is 5.47. The van der Waals surface area contributed by atoms with Gasteiger partial charge in [0.2, 0.25) is 0 Å². The van der Waals surface area contributed by atoms with Crippen LogP contribution >= 0.6 is 0 Å². The van der Waals surface area contributed by atoms with Gasteiger partial charge in [-0.05, 0) is 23.9 Å². The van der Waals surface area contributed by atoms with Gasteiger partial charge < -0.3 is 4.65 Å². The van der Waals surface area contributed by atoms with Gasteiger partial charge in [0, 0.05) is 5.39 Å². The summed E-state index contributed by atoms with van der Waals surface area (Å²) < 4.78 is 5.47. The molecule has 2 heteroatoms. The molecular formula is C12H12BO. The van der Waals surface area contributed by atoms with E-state index >= 15 is 0 Å². The van der Waals surface area contributed by atoms with E-state index < -0.39 is 0 Å². The highest BCUT2D eigenvalue weighted by Crippen LogP contribution is 2.28. The summed E-state index contributed by atoms with van der Waals surface area (Å²) in [6.45, 7) is 3.99. The predicted octanol–water partition coefficient (Wildman–Crippen LogP) is 3.19. The Morgan fingerprint density at radius 3 is 2.50 bits per heavy atom. The Balaban J connectivity index is 2.71. The van der Waals surface area contributed by atoms with Crippen molar-refractivity contribution in [2.45, 2.75) is 13.7 Å². The number of fused-ring (bicyclic) bond motifs is 1. The molecule has 0 aromatic heterocycles. The van der Waals surface area contributed by atoms with Gasteiger partial charge in [-0.15, -0.1) is 0 Å². The summed E-state index contributed by atoms with van der Waals surface area (Å²) in [5.41, 5.74) is 1.25. The average Bonchev–Trinajstić information content (AvgIpc) is 2.19. The summed E-state index contributed by atoms with van der Waals surface area (Å²) in [4.78, 5) is 0. The zero-order valence-electron chi connectivity index (χ0n) is 8.45. The lowest BCUT2D eigenvalue weighted by atomic mass is 10.0. The molecule has 0 saturated carbocycles. The van der Waals surface area contributed by atoms with Crippen molar-refractivity contribution in [3.8, 4) is 5.75 Å². The second kappa shape index (κ2) is 3.75. The van der Waals surface area contributed by atoms with Crippen molar-refractivity contribution in [3.05, 3.63) is 42.0 Å². The Labute approximate surface area is 85.0 Å². The summed E-state index contributed by atoms with van der Waals surface area (Å²) in [5, 5.41) is 2.43. The number of hydrogen-bond donors (Lipinski definition) is 0. The Morgan fingerprint density at radius 1 is 1.07 bits per heavy atom. The topological polar surface area (TPSA) is 9.23 Å². The van der Waals surface area contributed by atoms with Crippen LogP contribution in [0.1, 0.15) is 5.56 Å². The molecule has 69 valence electrons. The molecule has 0 atom stereocenters. The quantitative estimate of drug-likeness (QED) is 0.649. The van der Waals surface area contributed by atoms with E-state index in [2.05, 4.69) is 31.2 Å². The largest absolute Gasteiger partial charge is 0.563 e. The van der Waals surface area contributed by atoms with Crippen LogP contribution in [0.15, 0.2) is 36.4 Å². The first-order chi connectivity index (χ1) is 6.83. The maximum absolute atomic E-state index is 5.47. The van der Waals surface area contributed by atoms with Crippen LogP contribution in [0, 0.1) is 6.92 Å². The van der Waals surface area contributed by atoms with Gasteiger partial charge in [0.25, 0.3) is 0 Å². The van der Waals surface area contributed by atoms with E-state index in [4.69, 9.17) is 4.65 Å². The molecule has 1 radical (unpaired) electrons. The van der Waals surface area contributed by atoms with Gasteiger partial charge in [-0.3, -0.25) is 0 Å². The van der Waals surface area contributed by atoms with Crippen molar-refractivity contribution < 1.29 is 4.65 Å². The van der Waals surface area contributed by atoms with Crippen molar-refractivity contribution in [2.24, 2.45) is 0 Å². The Hall–Kier alpha value is -1.44. The molecule has 0 heterocycles. The second-order valence-corrected chi connectivity index (χ2v) is 3.28. The Kier molecular flexibility index (Phi) is 2.44. The average molecular weight is 183 g/mol. The van der Waals surface area contributed by atoms with E-state index in [1.165, 1.54) is 16.3 Å². The number of benzene rings is 2. The first kappa shape index (κ1) is 9.13. The van der Waals surface area contributed by atoms with Crippen molar-refractivity contribution >= 4 is 18.3 Å². The fourth-order valence-corrected chi connectivity index (χ4v) is 1.71. The van der Waals surface area contributed by atoms with Gasteiger partial charge in [0.05, 0.1) is 0 Å². The molecule has 0 aliphatic rings. The second-order valence-electron chi connectivity index (χ2n) is 3.28. The highest BCUT2D eigenvalue weighted by atomic mass is 16.4. The molecule has 0 aliphatic heterocycles. The van der Waals surface area contributed by atoms with Gasteiger partial charge in [-0.1, -0.05) is 37.2 Å². The van der Waals surface area contributed by atoms with Crippen LogP contribution in [-0.4, -0.2) is 7.48 Å². The van der Waals surface area contributed by atoms with Crippen LogP contribution in [0.2, 0.25) is 6.82 Å². The fourth-order valence-electron chi connectivity index (χ4n) is 1.71.